The van der Waals surface area contributed by atoms with Crippen molar-refractivity contribution in [2.75, 3.05) is 10.6 Å². The molecule has 2 atom stereocenters. The molecular formula is C25H32N4O7S. The monoisotopic (exact) mass is 532 g/mol. The van der Waals surface area contributed by atoms with E-state index < -0.39 is 40.1 Å². The maximum absolute atomic E-state index is 13.1. The Labute approximate surface area is 216 Å². The molecule has 2 aromatic carbocycles. The van der Waals surface area contributed by atoms with Gasteiger partial charge in [-0.05, 0) is 57.0 Å². The van der Waals surface area contributed by atoms with E-state index in [4.69, 9.17) is 9.47 Å². The van der Waals surface area contributed by atoms with Crippen LogP contribution in [-0.2, 0) is 24.1 Å². The highest BCUT2D eigenvalue weighted by molar-refractivity contribution is 7.91. The number of carbonyl (C=O) groups excluding carboxylic acids is 3. The number of rotatable bonds is 8. The molecule has 0 fully saturated rings. The lowest BCUT2D eigenvalue weighted by molar-refractivity contribution is -0.114. The third kappa shape index (κ3) is 8.90. The third-order valence-electron chi connectivity index (χ3n) is 5.10. The highest BCUT2D eigenvalue weighted by Crippen LogP contribution is 2.29. The van der Waals surface area contributed by atoms with Crippen LogP contribution in [0.2, 0.25) is 0 Å². The Morgan fingerprint density at radius 1 is 0.865 bits per heavy atom. The second-order valence-corrected chi connectivity index (χ2v) is 10.1. The zero-order valence-corrected chi connectivity index (χ0v) is 22.2. The number of anilines is 2. The number of ether oxygens (including phenoxy) is 2. The van der Waals surface area contributed by atoms with E-state index in [1.807, 2.05) is 13.8 Å². The van der Waals surface area contributed by atoms with Gasteiger partial charge in [0.25, 0.3) is 0 Å². The van der Waals surface area contributed by atoms with E-state index in [1.54, 1.807) is 32.0 Å². The Morgan fingerprint density at radius 2 is 1.49 bits per heavy atom. The normalized spacial score (nSPS) is 13.2. The summed E-state index contributed by atoms with van der Waals surface area (Å²) in [5.74, 6) is -0.817. The molecular weight excluding hydrogens is 500 g/mol. The maximum atomic E-state index is 13.1. The number of hydrogen-bond donors (Lipinski definition) is 3. The molecule has 0 bridgehead atoms. The van der Waals surface area contributed by atoms with E-state index in [2.05, 4.69) is 20.9 Å². The van der Waals surface area contributed by atoms with Gasteiger partial charge >= 0.3 is 12.2 Å². The predicted molar refractivity (Wildman–Crippen MR) is 139 cm³/mol. The summed E-state index contributed by atoms with van der Waals surface area (Å²) in [5.41, 5.74) is 0.228. The van der Waals surface area contributed by atoms with Crippen molar-refractivity contribution in [2.45, 2.75) is 69.5 Å². The first-order chi connectivity index (χ1) is 17.5. The molecule has 3 amide bonds. The number of carbonyl (C=O) groups is 3. The van der Waals surface area contributed by atoms with Crippen LogP contribution in [0.3, 0.4) is 0 Å². The Morgan fingerprint density at radius 3 is 2.08 bits per heavy atom. The summed E-state index contributed by atoms with van der Waals surface area (Å²) in [7, 11) is -3.89. The standard InChI is InChI=1S/C25H32N4O7S/c1-6-16(3)35-24(31)28-23(29-25(32)36-17(4)7-2)27-21-14-13-20(15-22(21)26-18(5)30)37(33,34)19-11-9-8-10-12-19/h8-17H,6-7H2,1-5H3,(H,26,30)(H2,27,28,29,31,32). The molecule has 0 radical (unpaired) electrons. The highest BCUT2D eigenvalue weighted by Gasteiger charge is 2.21. The Bertz CT molecular complexity index is 1250. The summed E-state index contributed by atoms with van der Waals surface area (Å²) < 4.78 is 36.5. The van der Waals surface area contributed by atoms with Crippen LogP contribution in [-0.4, -0.2) is 44.7 Å². The summed E-state index contributed by atoms with van der Waals surface area (Å²) in [6, 6.07) is 11.8. The fourth-order valence-corrected chi connectivity index (χ4v) is 4.12. The number of amides is 3. The number of hydrogen-bond acceptors (Lipinski definition) is 7. The first kappa shape index (κ1) is 29.3. The minimum Gasteiger partial charge on any atom is -0.446 e. The van der Waals surface area contributed by atoms with Crippen molar-refractivity contribution in [3.8, 4) is 0 Å². The van der Waals surface area contributed by atoms with Crippen molar-refractivity contribution < 1.29 is 32.3 Å². The molecule has 0 heterocycles. The highest BCUT2D eigenvalue weighted by atomic mass is 32.2. The molecule has 0 aliphatic heterocycles. The molecule has 37 heavy (non-hydrogen) atoms. The van der Waals surface area contributed by atoms with Crippen LogP contribution in [0.4, 0.5) is 21.0 Å². The van der Waals surface area contributed by atoms with E-state index in [1.165, 1.54) is 37.3 Å². The first-order valence-corrected chi connectivity index (χ1v) is 13.2. The van der Waals surface area contributed by atoms with Crippen LogP contribution < -0.4 is 16.0 Å². The first-order valence-electron chi connectivity index (χ1n) is 11.7. The van der Waals surface area contributed by atoms with Crippen LogP contribution in [0.25, 0.3) is 0 Å². The minimum absolute atomic E-state index is 0.0737. The van der Waals surface area contributed by atoms with Crippen molar-refractivity contribution in [3.63, 3.8) is 0 Å². The topological polar surface area (TPSA) is 152 Å². The Kier molecular flexibility index (Phi) is 10.6. The van der Waals surface area contributed by atoms with Crippen LogP contribution in [0.5, 0.6) is 0 Å². The lowest BCUT2D eigenvalue weighted by Crippen LogP contribution is -2.38. The number of aliphatic imine (C=N–C) groups is 1. The third-order valence-corrected chi connectivity index (χ3v) is 6.87. The molecule has 12 heteroatoms. The Balaban J connectivity index is 2.46. The van der Waals surface area contributed by atoms with Crippen LogP contribution in [0, 0.1) is 0 Å². The average Bonchev–Trinajstić information content (AvgIpc) is 2.84. The van der Waals surface area contributed by atoms with Gasteiger partial charge in [0.1, 0.15) is 12.2 Å². The second-order valence-electron chi connectivity index (χ2n) is 8.14. The predicted octanol–water partition coefficient (Wildman–Crippen LogP) is 4.71. The smallest absolute Gasteiger partial charge is 0.437 e. The Hall–Kier alpha value is -3.93. The van der Waals surface area contributed by atoms with Crippen LogP contribution in [0.1, 0.15) is 47.5 Å². The van der Waals surface area contributed by atoms with Gasteiger partial charge in [-0.25, -0.2) is 18.0 Å². The molecule has 0 spiro atoms. The van der Waals surface area contributed by atoms with E-state index in [0.717, 1.165) is 0 Å². The van der Waals surface area contributed by atoms with Gasteiger partial charge in [-0.3, -0.25) is 10.1 Å². The number of alkyl carbamates (subject to hydrolysis) is 1. The van der Waals surface area contributed by atoms with Crippen molar-refractivity contribution >= 4 is 45.3 Å². The summed E-state index contributed by atoms with van der Waals surface area (Å²) in [4.78, 5) is 40.2. The van der Waals surface area contributed by atoms with Crippen LogP contribution >= 0.6 is 0 Å². The van der Waals surface area contributed by atoms with Crippen LogP contribution in [0.15, 0.2) is 63.3 Å². The fourth-order valence-electron chi connectivity index (χ4n) is 2.81. The van der Waals surface area contributed by atoms with Crippen molar-refractivity contribution in [1.29, 1.82) is 0 Å². The quantitative estimate of drug-likeness (QED) is 0.327. The van der Waals surface area contributed by atoms with Gasteiger partial charge in [-0.1, -0.05) is 32.0 Å². The largest absolute Gasteiger partial charge is 0.446 e. The number of guanidine groups is 1. The SMILES string of the molecule is CCC(C)OC(=O)N=C(NC(=O)OC(C)CC)Nc1ccc(S(=O)(=O)c2ccccc2)cc1NC(C)=O. The summed E-state index contributed by atoms with van der Waals surface area (Å²) in [6.07, 6.45) is -1.54. The number of sulfone groups is 1. The lowest BCUT2D eigenvalue weighted by Gasteiger charge is -2.17. The molecule has 11 nitrogen and oxygen atoms in total. The number of benzene rings is 2. The second kappa shape index (κ2) is 13.4. The zero-order chi connectivity index (χ0) is 27.6. The van der Waals surface area contributed by atoms with E-state index >= 15 is 0 Å². The molecule has 2 rings (SSSR count). The zero-order valence-electron chi connectivity index (χ0n) is 21.4. The summed E-state index contributed by atoms with van der Waals surface area (Å²) in [6.45, 7) is 8.29. The minimum atomic E-state index is -3.89. The van der Waals surface area contributed by atoms with Gasteiger partial charge in [0.2, 0.25) is 21.7 Å². The molecule has 3 N–H and O–H groups in total. The number of nitrogens with zero attached hydrogens (tertiary/aromatic N) is 1. The van der Waals surface area contributed by atoms with Gasteiger partial charge in [0.05, 0.1) is 21.2 Å². The molecule has 0 aromatic heterocycles. The molecule has 200 valence electrons. The van der Waals surface area contributed by atoms with E-state index in [-0.39, 0.29) is 27.1 Å². The average molecular weight is 533 g/mol. The fraction of sp³-hybridized carbons (Fsp3) is 0.360. The molecule has 0 aliphatic rings. The summed E-state index contributed by atoms with van der Waals surface area (Å²) >= 11 is 0. The molecule has 2 aromatic rings. The van der Waals surface area contributed by atoms with Gasteiger partial charge in [0.15, 0.2) is 0 Å². The number of nitrogens with one attached hydrogen (secondary N) is 3. The van der Waals surface area contributed by atoms with Gasteiger partial charge < -0.3 is 20.1 Å². The van der Waals surface area contributed by atoms with Crippen molar-refractivity contribution in [1.82, 2.24) is 5.32 Å². The van der Waals surface area contributed by atoms with E-state index in [9.17, 15) is 22.8 Å². The maximum Gasteiger partial charge on any atom is 0.437 e. The molecule has 0 aliphatic carbocycles. The molecule has 0 saturated heterocycles. The van der Waals surface area contributed by atoms with Gasteiger partial charge in [-0.15, -0.1) is 4.99 Å². The van der Waals surface area contributed by atoms with Crippen molar-refractivity contribution in [3.05, 3.63) is 48.5 Å². The van der Waals surface area contributed by atoms with Crippen molar-refractivity contribution in [2.24, 2.45) is 4.99 Å². The van der Waals surface area contributed by atoms with Gasteiger partial charge in [0, 0.05) is 6.92 Å². The van der Waals surface area contributed by atoms with E-state index in [0.29, 0.717) is 12.8 Å². The summed E-state index contributed by atoms with van der Waals surface area (Å²) in [5, 5.41) is 7.64. The molecule has 2 unspecified atom stereocenters. The van der Waals surface area contributed by atoms with Gasteiger partial charge in [-0.2, -0.15) is 0 Å². The molecule has 0 saturated carbocycles. The lowest BCUT2D eigenvalue weighted by atomic mass is 10.2.